The maximum absolute atomic E-state index is 14.3. The quantitative estimate of drug-likeness (QED) is 0.579. The summed E-state index contributed by atoms with van der Waals surface area (Å²) >= 11 is 1.46. The van der Waals surface area contributed by atoms with E-state index in [4.69, 9.17) is 4.55 Å². The first-order valence-electron chi connectivity index (χ1n) is 7.53. The first kappa shape index (κ1) is 17.9. The van der Waals surface area contributed by atoms with E-state index in [1.165, 1.54) is 12.1 Å². The molecule has 0 saturated heterocycles. The lowest BCUT2D eigenvalue weighted by Gasteiger charge is -2.11. The Morgan fingerprint density at radius 3 is 2.60 bits per heavy atom. The molecule has 1 aromatic heterocycles. The molecule has 1 atom stereocenters. The number of pyridine rings is 1. The van der Waals surface area contributed by atoms with Gasteiger partial charge in [-0.3, -0.25) is 4.98 Å². The maximum Gasteiger partial charge on any atom is 0.157 e. The van der Waals surface area contributed by atoms with Crippen LogP contribution in [0.2, 0.25) is 0 Å². The van der Waals surface area contributed by atoms with E-state index in [-0.39, 0.29) is 11.3 Å². The van der Waals surface area contributed by atoms with E-state index in [2.05, 4.69) is 20.9 Å². The van der Waals surface area contributed by atoms with Crippen LogP contribution in [-0.4, -0.2) is 13.7 Å². The van der Waals surface area contributed by atoms with E-state index in [9.17, 15) is 8.60 Å². The Morgan fingerprint density at radius 1 is 1.16 bits per heavy atom. The molecule has 0 spiro atoms. The number of hydrogen-bond donors (Lipinski definition) is 1. The number of aromatic nitrogens is 1. The number of hydrogen-bond acceptors (Lipinski definition) is 2. The average Bonchev–Trinajstić information content (AvgIpc) is 2.59. The Balaban J connectivity index is 2.08. The second kappa shape index (κ2) is 7.56. The maximum atomic E-state index is 14.3. The molecule has 1 N–H and O–H groups in total. The van der Waals surface area contributed by atoms with Gasteiger partial charge in [-0.2, -0.15) is 0 Å². The van der Waals surface area contributed by atoms with Crippen molar-refractivity contribution in [2.24, 2.45) is 0 Å². The van der Waals surface area contributed by atoms with Gasteiger partial charge in [0.05, 0.1) is 11.4 Å². The zero-order chi connectivity index (χ0) is 18.0. The van der Waals surface area contributed by atoms with Gasteiger partial charge in [-0.05, 0) is 36.2 Å². The van der Waals surface area contributed by atoms with E-state index in [0.29, 0.717) is 11.3 Å². The van der Waals surface area contributed by atoms with E-state index >= 15 is 0 Å². The van der Waals surface area contributed by atoms with Crippen molar-refractivity contribution in [3.8, 4) is 22.4 Å². The zero-order valence-corrected chi connectivity index (χ0v) is 15.8. The molecule has 0 amide bonds. The van der Waals surface area contributed by atoms with Crippen LogP contribution in [0.15, 0.2) is 59.2 Å². The highest BCUT2D eigenvalue weighted by atomic mass is 79.9. The fourth-order valence-electron chi connectivity index (χ4n) is 2.57. The van der Waals surface area contributed by atoms with E-state index < -0.39 is 16.9 Å². The third kappa shape index (κ3) is 4.03. The Morgan fingerprint density at radius 2 is 1.92 bits per heavy atom. The van der Waals surface area contributed by atoms with Crippen molar-refractivity contribution in [1.29, 1.82) is 0 Å². The number of halogens is 2. The van der Waals surface area contributed by atoms with Crippen LogP contribution in [0.5, 0.6) is 0 Å². The Hall–Kier alpha value is -1.89. The summed E-state index contributed by atoms with van der Waals surface area (Å²) in [7, 11) is 0. The zero-order valence-electron chi connectivity index (χ0n) is 13.4. The lowest BCUT2D eigenvalue weighted by atomic mass is 9.98. The number of benzene rings is 2. The van der Waals surface area contributed by atoms with Gasteiger partial charge in [-0.15, -0.1) is 0 Å². The van der Waals surface area contributed by atoms with Gasteiger partial charge in [-0.1, -0.05) is 46.3 Å². The normalized spacial score (nSPS) is 12.2. The summed E-state index contributed by atoms with van der Waals surface area (Å²) in [5.74, 6) is -0.742. The molecular formula is C19H15BrFNO2S. The lowest BCUT2D eigenvalue weighted by Crippen LogP contribution is -1.98. The van der Waals surface area contributed by atoms with Gasteiger partial charge >= 0.3 is 0 Å². The predicted molar refractivity (Wildman–Crippen MR) is 102 cm³/mol. The largest absolute Gasteiger partial charge is 0.306 e. The van der Waals surface area contributed by atoms with Crippen LogP contribution in [0.3, 0.4) is 0 Å². The SMILES string of the molecule is Cc1ccc(-c2cccnc2-c2ccc(CS(=O)O)c(F)c2)cc1Br. The van der Waals surface area contributed by atoms with Crippen molar-refractivity contribution < 1.29 is 13.2 Å². The van der Waals surface area contributed by atoms with Gasteiger partial charge < -0.3 is 4.55 Å². The van der Waals surface area contributed by atoms with Crippen molar-refractivity contribution >= 4 is 27.0 Å². The topological polar surface area (TPSA) is 50.2 Å². The predicted octanol–water partition coefficient (Wildman–Crippen LogP) is 5.35. The fraction of sp³-hybridized carbons (Fsp3) is 0.105. The lowest BCUT2D eigenvalue weighted by molar-refractivity contribution is 0.559. The number of nitrogens with zero attached hydrogens (tertiary/aromatic N) is 1. The summed E-state index contributed by atoms with van der Waals surface area (Å²) < 4.78 is 35.1. The Labute approximate surface area is 156 Å². The summed E-state index contributed by atoms with van der Waals surface area (Å²) in [5.41, 5.74) is 4.48. The molecule has 0 aliphatic heterocycles. The van der Waals surface area contributed by atoms with Crippen molar-refractivity contribution in [1.82, 2.24) is 4.98 Å². The monoisotopic (exact) mass is 419 g/mol. The molecule has 3 rings (SSSR count). The smallest absolute Gasteiger partial charge is 0.157 e. The highest BCUT2D eigenvalue weighted by Gasteiger charge is 2.13. The highest BCUT2D eigenvalue weighted by molar-refractivity contribution is 9.10. The van der Waals surface area contributed by atoms with Crippen LogP contribution in [0.25, 0.3) is 22.4 Å². The molecule has 0 radical (unpaired) electrons. The summed E-state index contributed by atoms with van der Waals surface area (Å²) in [4.78, 5) is 4.42. The molecule has 0 aliphatic carbocycles. The molecule has 3 nitrogen and oxygen atoms in total. The molecule has 3 aromatic rings. The standard InChI is InChI=1S/C19H15BrFNO2S/c1-12-4-5-13(9-17(12)20)16-3-2-8-22-19(16)14-6-7-15(11-25(23)24)18(21)10-14/h2-10H,11H2,1H3,(H,23,24). The molecule has 0 fully saturated rings. The van der Waals surface area contributed by atoms with Crippen LogP contribution in [0.1, 0.15) is 11.1 Å². The van der Waals surface area contributed by atoms with Crippen LogP contribution in [0, 0.1) is 12.7 Å². The van der Waals surface area contributed by atoms with Gasteiger partial charge in [0.15, 0.2) is 11.1 Å². The van der Waals surface area contributed by atoms with E-state index in [0.717, 1.165) is 21.2 Å². The van der Waals surface area contributed by atoms with E-state index in [1.807, 2.05) is 37.3 Å². The van der Waals surface area contributed by atoms with Crippen LogP contribution in [0.4, 0.5) is 4.39 Å². The molecule has 128 valence electrons. The highest BCUT2D eigenvalue weighted by Crippen LogP contribution is 2.33. The first-order valence-corrected chi connectivity index (χ1v) is 9.60. The Bertz CT molecular complexity index is 962. The number of rotatable bonds is 4. The minimum atomic E-state index is -2.08. The Kier molecular flexibility index (Phi) is 5.42. The van der Waals surface area contributed by atoms with Crippen molar-refractivity contribution in [3.05, 3.63) is 76.1 Å². The molecule has 6 heteroatoms. The van der Waals surface area contributed by atoms with Crippen molar-refractivity contribution in [2.45, 2.75) is 12.7 Å². The van der Waals surface area contributed by atoms with E-state index in [1.54, 1.807) is 12.3 Å². The fourth-order valence-corrected chi connectivity index (χ4v) is 3.45. The molecule has 0 aliphatic rings. The molecule has 25 heavy (non-hydrogen) atoms. The van der Waals surface area contributed by atoms with Crippen LogP contribution < -0.4 is 0 Å². The summed E-state index contributed by atoms with van der Waals surface area (Å²) in [5, 5.41) is 0. The third-order valence-corrected chi connectivity index (χ3v) is 5.31. The molecule has 1 unspecified atom stereocenters. The summed E-state index contributed by atoms with van der Waals surface area (Å²) in [6, 6.07) is 14.4. The summed E-state index contributed by atoms with van der Waals surface area (Å²) in [6.45, 7) is 2.01. The van der Waals surface area contributed by atoms with Gasteiger partial charge in [0.25, 0.3) is 0 Å². The molecule has 0 bridgehead atoms. The molecule has 2 aromatic carbocycles. The van der Waals surface area contributed by atoms with Crippen LogP contribution in [-0.2, 0) is 16.8 Å². The van der Waals surface area contributed by atoms with Crippen LogP contribution >= 0.6 is 15.9 Å². The van der Waals surface area contributed by atoms with Gasteiger partial charge in [0.1, 0.15) is 5.82 Å². The second-order valence-electron chi connectivity index (χ2n) is 5.64. The first-order chi connectivity index (χ1) is 12.0. The number of aryl methyl sites for hydroxylation is 1. The average molecular weight is 420 g/mol. The third-order valence-electron chi connectivity index (χ3n) is 3.90. The minimum absolute atomic E-state index is 0.208. The second-order valence-corrected chi connectivity index (χ2v) is 7.42. The van der Waals surface area contributed by atoms with Gasteiger partial charge in [-0.25, -0.2) is 8.60 Å². The molecule has 0 saturated carbocycles. The van der Waals surface area contributed by atoms with Gasteiger partial charge in [0, 0.05) is 27.4 Å². The molecule has 1 heterocycles. The van der Waals surface area contributed by atoms with Crippen molar-refractivity contribution in [3.63, 3.8) is 0 Å². The van der Waals surface area contributed by atoms with Crippen molar-refractivity contribution in [2.75, 3.05) is 0 Å². The summed E-state index contributed by atoms with van der Waals surface area (Å²) in [6.07, 6.45) is 1.66. The van der Waals surface area contributed by atoms with Gasteiger partial charge in [0.2, 0.25) is 0 Å². The minimum Gasteiger partial charge on any atom is -0.306 e. The molecular weight excluding hydrogens is 405 g/mol.